The molecular formula is C16H28N2S. The van der Waals surface area contributed by atoms with Gasteiger partial charge in [0, 0.05) is 34.9 Å². The summed E-state index contributed by atoms with van der Waals surface area (Å²) in [6, 6.07) is 3.73. The van der Waals surface area contributed by atoms with Crippen LogP contribution in [-0.2, 0) is 6.54 Å². The standard InChI is InChI=1S/C16H28N2S/c1-6-17-16-7-8-18(13(4)12(16)3)10-15-9-11(2)14(5)19-15/h9,12-13,16-17H,6-8,10H2,1-5H3. The van der Waals surface area contributed by atoms with Crippen LogP contribution in [0.25, 0.3) is 0 Å². The summed E-state index contributed by atoms with van der Waals surface area (Å²) in [6.45, 7) is 14.9. The second-order valence-electron chi connectivity index (χ2n) is 5.97. The molecule has 0 bridgehead atoms. The molecule has 19 heavy (non-hydrogen) atoms. The van der Waals surface area contributed by atoms with E-state index in [2.05, 4.69) is 50.9 Å². The molecule has 1 aliphatic rings. The maximum absolute atomic E-state index is 3.64. The van der Waals surface area contributed by atoms with Crippen molar-refractivity contribution in [2.75, 3.05) is 13.1 Å². The lowest BCUT2D eigenvalue weighted by Gasteiger charge is -2.43. The molecule has 2 nitrogen and oxygen atoms in total. The molecule has 3 unspecified atom stereocenters. The third-order valence-corrected chi connectivity index (χ3v) is 5.88. The number of aryl methyl sites for hydroxylation is 2. The molecule has 0 aromatic carbocycles. The number of rotatable bonds is 4. The van der Waals surface area contributed by atoms with Gasteiger partial charge in [0.1, 0.15) is 0 Å². The second-order valence-corrected chi connectivity index (χ2v) is 7.32. The number of hydrogen-bond donors (Lipinski definition) is 1. The summed E-state index contributed by atoms with van der Waals surface area (Å²) < 4.78 is 0. The molecule has 2 heterocycles. The number of hydrogen-bond acceptors (Lipinski definition) is 3. The van der Waals surface area contributed by atoms with Gasteiger partial charge in [-0.15, -0.1) is 11.3 Å². The van der Waals surface area contributed by atoms with Crippen molar-refractivity contribution in [2.45, 2.75) is 59.7 Å². The molecule has 1 saturated heterocycles. The highest BCUT2D eigenvalue weighted by molar-refractivity contribution is 7.12. The van der Waals surface area contributed by atoms with Gasteiger partial charge in [-0.05, 0) is 51.3 Å². The monoisotopic (exact) mass is 280 g/mol. The van der Waals surface area contributed by atoms with Gasteiger partial charge in [0.15, 0.2) is 0 Å². The van der Waals surface area contributed by atoms with Gasteiger partial charge in [-0.3, -0.25) is 4.90 Å². The Labute approximate surface area is 122 Å². The molecule has 1 aromatic heterocycles. The Morgan fingerprint density at radius 3 is 2.68 bits per heavy atom. The number of thiophene rings is 1. The second kappa shape index (κ2) is 6.38. The van der Waals surface area contributed by atoms with Gasteiger partial charge >= 0.3 is 0 Å². The van der Waals surface area contributed by atoms with E-state index in [1.807, 2.05) is 11.3 Å². The van der Waals surface area contributed by atoms with Crippen LogP contribution in [0.15, 0.2) is 6.07 Å². The smallest absolute Gasteiger partial charge is 0.0331 e. The van der Waals surface area contributed by atoms with E-state index in [0.29, 0.717) is 12.1 Å². The number of nitrogens with one attached hydrogen (secondary N) is 1. The Bertz CT molecular complexity index is 393. The first-order valence-corrected chi connectivity index (χ1v) is 8.38. The summed E-state index contributed by atoms with van der Waals surface area (Å²) in [4.78, 5) is 5.65. The van der Waals surface area contributed by atoms with E-state index in [4.69, 9.17) is 0 Å². The molecule has 0 spiro atoms. The normalized spacial score (nSPS) is 28.8. The zero-order valence-corrected chi connectivity index (χ0v) is 13.8. The van der Waals surface area contributed by atoms with Crippen molar-refractivity contribution in [3.8, 4) is 0 Å². The van der Waals surface area contributed by atoms with Crippen LogP contribution in [0.2, 0.25) is 0 Å². The van der Waals surface area contributed by atoms with Gasteiger partial charge in [0.2, 0.25) is 0 Å². The number of likely N-dealkylation sites (tertiary alicyclic amines) is 1. The van der Waals surface area contributed by atoms with E-state index in [1.165, 1.54) is 28.3 Å². The van der Waals surface area contributed by atoms with Crippen molar-refractivity contribution in [2.24, 2.45) is 5.92 Å². The molecule has 0 amide bonds. The fourth-order valence-electron chi connectivity index (χ4n) is 3.14. The molecule has 3 heteroatoms. The van der Waals surface area contributed by atoms with Crippen LogP contribution in [0.3, 0.4) is 0 Å². The molecule has 2 rings (SSSR count). The summed E-state index contributed by atoms with van der Waals surface area (Å²) in [6.07, 6.45) is 1.28. The fourth-order valence-corrected chi connectivity index (χ4v) is 4.22. The summed E-state index contributed by atoms with van der Waals surface area (Å²) in [5, 5.41) is 3.64. The maximum Gasteiger partial charge on any atom is 0.0331 e. The van der Waals surface area contributed by atoms with E-state index >= 15 is 0 Å². The SMILES string of the molecule is CCNC1CCN(Cc2cc(C)c(C)s2)C(C)C1C. The van der Waals surface area contributed by atoms with Crippen molar-refractivity contribution in [3.63, 3.8) is 0 Å². The quantitative estimate of drug-likeness (QED) is 0.907. The van der Waals surface area contributed by atoms with E-state index in [0.717, 1.165) is 19.0 Å². The number of nitrogens with zero attached hydrogens (tertiary/aromatic N) is 1. The zero-order valence-electron chi connectivity index (χ0n) is 13.0. The molecule has 0 aliphatic carbocycles. The van der Waals surface area contributed by atoms with E-state index in [1.54, 1.807) is 0 Å². The predicted octanol–water partition coefficient (Wildman–Crippen LogP) is 3.57. The molecule has 0 saturated carbocycles. The lowest BCUT2D eigenvalue weighted by atomic mass is 9.87. The average molecular weight is 280 g/mol. The van der Waals surface area contributed by atoms with Crippen molar-refractivity contribution in [1.29, 1.82) is 0 Å². The van der Waals surface area contributed by atoms with Gasteiger partial charge in [-0.1, -0.05) is 13.8 Å². The molecule has 0 radical (unpaired) electrons. The van der Waals surface area contributed by atoms with Gasteiger partial charge in [0.05, 0.1) is 0 Å². The largest absolute Gasteiger partial charge is 0.314 e. The van der Waals surface area contributed by atoms with Crippen LogP contribution in [0.4, 0.5) is 0 Å². The molecule has 1 aromatic rings. The Morgan fingerprint density at radius 2 is 2.11 bits per heavy atom. The Kier molecular flexibility index (Phi) is 5.04. The van der Waals surface area contributed by atoms with Crippen LogP contribution in [0.5, 0.6) is 0 Å². The highest BCUT2D eigenvalue weighted by atomic mass is 32.1. The fraction of sp³-hybridized carbons (Fsp3) is 0.750. The van der Waals surface area contributed by atoms with Crippen molar-refractivity contribution < 1.29 is 0 Å². The first kappa shape index (κ1) is 15.0. The lowest BCUT2D eigenvalue weighted by molar-refractivity contribution is 0.0799. The topological polar surface area (TPSA) is 15.3 Å². The van der Waals surface area contributed by atoms with Gasteiger partial charge in [-0.2, -0.15) is 0 Å². The van der Waals surface area contributed by atoms with Crippen LogP contribution in [0, 0.1) is 19.8 Å². The molecule has 3 atom stereocenters. The van der Waals surface area contributed by atoms with Crippen LogP contribution in [0.1, 0.15) is 42.5 Å². The van der Waals surface area contributed by atoms with Gasteiger partial charge in [-0.25, -0.2) is 0 Å². The minimum absolute atomic E-state index is 0.667. The molecule has 1 fully saturated rings. The minimum atomic E-state index is 0.667. The minimum Gasteiger partial charge on any atom is -0.314 e. The van der Waals surface area contributed by atoms with Crippen molar-refractivity contribution in [3.05, 3.63) is 21.4 Å². The summed E-state index contributed by atoms with van der Waals surface area (Å²) in [5.41, 5.74) is 1.45. The first-order valence-electron chi connectivity index (χ1n) is 7.56. The number of piperidine rings is 1. The first-order chi connectivity index (χ1) is 9.02. The van der Waals surface area contributed by atoms with Crippen LogP contribution in [-0.4, -0.2) is 30.1 Å². The zero-order chi connectivity index (χ0) is 14.0. The van der Waals surface area contributed by atoms with Crippen LogP contribution >= 0.6 is 11.3 Å². The molecule has 1 aliphatic heterocycles. The molecule has 1 N–H and O–H groups in total. The molecule has 108 valence electrons. The summed E-state index contributed by atoms with van der Waals surface area (Å²) in [7, 11) is 0. The highest BCUT2D eigenvalue weighted by Crippen LogP contribution is 2.28. The Morgan fingerprint density at radius 1 is 1.37 bits per heavy atom. The van der Waals surface area contributed by atoms with Gasteiger partial charge in [0.25, 0.3) is 0 Å². The lowest BCUT2D eigenvalue weighted by Crippen LogP contribution is -2.52. The van der Waals surface area contributed by atoms with Crippen molar-refractivity contribution in [1.82, 2.24) is 10.2 Å². The Balaban J connectivity index is 1.98. The third kappa shape index (κ3) is 3.39. The maximum atomic E-state index is 3.64. The van der Waals surface area contributed by atoms with Crippen molar-refractivity contribution >= 4 is 11.3 Å². The van der Waals surface area contributed by atoms with E-state index in [-0.39, 0.29) is 0 Å². The van der Waals surface area contributed by atoms with Crippen LogP contribution < -0.4 is 5.32 Å². The Hall–Kier alpha value is -0.380. The summed E-state index contributed by atoms with van der Waals surface area (Å²) >= 11 is 1.97. The third-order valence-electron chi connectivity index (χ3n) is 4.74. The summed E-state index contributed by atoms with van der Waals surface area (Å²) in [5.74, 6) is 0.732. The predicted molar refractivity (Wildman–Crippen MR) is 84.9 cm³/mol. The van der Waals surface area contributed by atoms with Gasteiger partial charge < -0.3 is 5.32 Å². The highest BCUT2D eigenvalue weighted by Gasteiger charge is 2.31. The van der Waals surface area contributed by atoms with E-state index < -0.39 is 0 Å². The van der Waals surface area contributed by atoms with E-state index in [9.17, 15) is 0 Å². The molecular weight excluding hydrogens is 252 g/mol. The average Bonchev–Trinajstić information content (AvgIpc) is 2.68.